The summed E-state index contributed by atoms with van der Waals surface area (Å²) >= 11 is 0. The van der Waals surface area contributed by atoms with Gasteiger partial charge in [0, 0.05) is 25.4 Å². The van der Waals surface area contributed by atoms with Gasteiger partial charge in [-0.25, -0.2) is 4.79 Å². The van der Waals surface area contributed by atoms with E-state index in [2.05, 4.69) is 10.6 Å². The highest BCUT2D eigenvalue weighted by molar-refractivity contribution is 5.89. The maximum Gasteiger partial charge on any atom is 0.319 e. The van der Waals surface area contributed by atoms with Gasteiger partial charge in [0.25, 0.3) is 0 Å². The normalized spacial score (nSPS) is 10.1. The number of carbonyl (C=O) groups is 1. The predicted molar refractivity (Wildman–Crippen MR) is 72.7 cm³/mol. The summed E-state index contributed by atoms with van der Waals surface area (Å²) in [5.41, 5.74) is 7.24. The number of hydrogen-bond acceptors (Lipinski definition) is 3. The van der Waals surface area contributed by atoms with Crippen LogP contribution < -0.4 is 16.4 Å². The third-order valence-corrected chi connectivity index (χ3v) is 2.32. The van der Waals surface area contributed by atoms with Crippen LogP contribution in [0.2, 0.25) is 0 Å². The highest BCUT2D eigenvalue weighted by Crippen LogP contribution is 2.07. The van der Waals surface area contributed by atoms with Crippen molar-refractivity contribution in [2.45, 2.75) is 13.3 Å². The van der Waals surface area contributed by atoms with Gasteiger partial charge in [0.2, 0.25) is 0 Å². The number of carbonyl (C=O) groups excluding carboxylic acids is 1. The highest BCUT2D eigenvalue weighted by atomic mass is 16.5. The van der Waals surface area contributed by atoms with E-state index in [-0.39, 0.29) is 6.03 Å². The van der Waals surface area contributed by atoms with Crippen molar-refractivity contribution in [3.05, 3.63) is 29.8 Å². The van der Waals surface area contributed by atoms with Crippen LogP contribution in [0.1, 0.15) is 12.0 Å². The predicted octanol–water partition coefficient (Wildman–Crippen LogP) is 1.48. The summed E-state index contributed by atoms with van der Waals surface area (Å²) in [6.45, 7) is 4.30. The van der Waals surface area contributed by atoms with Gasteiger partial charge in [0.15, 0.2) is 0 Å². The van der Waals surface area contributed by atoms with Crippen LogP contribution in [-0.2, 0) is 4.74 Å². The Kier molecular flexibility index (Phi) is 6.83. The van der Waals surface area contributed by atoms with Crippen molar-refractivity contribution in [3.63, 3.8) is 0 Å². The molecule has 18 heavy (non-hydrogen) atoms. The van der Waals surface area contributed by atoms with Gasteiger partial charge in [-0.3, -0.25) is 0 Å². The van der Waals surface area contributed by atoms with Gasteiger partial charge in [0.1, 0.15) is 0 Å². The monoisotopic (exact) mass is 251 g/mol. The molecule has 0 saturated carbocycles. The zero-order valence-corrected chi connectivity index (χ0v) is 10.7. The number of anilines is 1. The molecule has 4 N–H and O–H groups in total. The summed E-state index contributed by atoms with van der Waals surface area (Å²) in [5.74, 6) is 0. The molecule has 5 nitrogen and oxygen atoms in total. The first kappa shape index (κ1) is 14.5. The van der Waals surface area contributed by atoms with Gasteiger partial charge in [-0.15, -0.1) is 0 Å². The lowest BCUT2D eigenvalue weighted by molar-refractivity contribution is 0.139. The zero-order valence-electron chi connectivity index (χ0n) is 10.7. The molecule has 0 radical (unpaired) electrons. The largest absolute Gasteiger partial charge is 0.380 e. The van der Waals surface area contributed by atoms with Crippen LogP contribution in [0.15, 0.2) is 24.3 Å². The standard InChI is InChI=1S/C13H21N3O2/c1-11-3-5-12(6-4-11)16-13(17)15-8-2-9-18-10-7-14/h3-6H,2,7-10,14H2,1H3,(H2,15,16,17). The van der Waals surface area contributed by atoms with Crippen LogP contribution in [0.5, 0.6) is 0 Å². The first-order valence-corrected chi connectivity index (χ1v) is 6.11. The van der Waals surface area contributed by atoms with Crippen molar-refractivity contribution < 1.29 is 9.53 Å². The van der Waals surface area contributed by atoms with E-state index in [0.717, 1.165) is 17.7 Å². The second-order valence-corrected chi connectivity index (χ2v) is 4.00. The first-order chi connectivity index (χ1) is 8.72. The van der Waals surface area contributed by atoms with Gasteiger partial charge in [-0.05, 0) is 25.5 Å². The van der Waals surface area contributed by atoms with Crippen molar-refractivity contribution in [2.24, 2.45) is 5.73 Å². The molecule has 100 valence electrons. The Bertz CT molecular complexity index is 352. The lowest BCUT2D eigenvalue weighted by Gasteiger charge is -2.08. The number of hydrogen-bond donors (Lipinski definition) is 3. The van der Waals surface area contributed by atoms with E-state index in [9.17, 15) is 4.79 Å². The van der Waals surface area contributed by atoms with Crippen LogP contribution >= 0.6 is 0 Å². The fraction of sp³-hybridized carbons (Fsp3) is 0.462. The molecule has 5 heteroatoms. The molecule has 0 bridgehead atoms. The second-order valence-electron chi connectivity index (χ2n) is 4.00. The fourth-order valence-corrected chi connectivity index (χ4v) is 1.37. The zero-order chi connectivity index (χ0) is 13.2. The van der Waals surface area contributed by atoms with Crippen molar-refractivity contribution in [1.82, 2.24) is 5.32 Å². The van der Waals surface area contributed by atoms with Crippen LogP contribution in [0.4, 0.5) is 10.5 Å². The number of nitrogens with one attached hydrogen (secondary N) is 2. The molecule has 0 atom stereocenters. The molecule has 0 aliphatic heterocycles. The van der Waals surface area contributed by atoms with Crippen molar-refractivity contribution in [1.29, 1.82) is 0 Å². The Balaban J connectivity index is 2.12. The molecule has 0 unspecified atom stereocenters. The van der Waals surface area contributed by atoms with E-state index in [1.807, 2.05) is 31.2 Å². The maximum atomic E-state index is 11.5. The first-order valence-electron chi connectivity index (χ1n) is 6.11. The summed E-state index contributed by atoms with van der Waals surface area (Å²) < 4.78 is 5.20. The van der Waals surface area contributed by atoms with Crippen LogP contribution in [-0.4, -0.2) is 32.3 Å². The Labute approximate surface area is 108 Å². The van der Waals surface area contributed by atoms with Gasteiger partial charge in [0.05, 0.1) is 6.61 Å². The topological polar surface area (TPSA) is 76.4 Å². The number of benzene rings is 1. The lowest BCUT2D eigenvalue weighted by Crippen LogP contribution is -2.30. The van der Waals surface area contributed by atoms with E-state index < -0.39 is 0 Å². The number of nitrogens with two attached hydrogens (primary N) is 1. The summed E-state index contributed by atoms with van der Waals surface area (Å²) in [4.78, 5) is 11.5. The Morgan fingerprint density at radius 3 is 2.67 bits per heavy atom. The highest BCUT2D eigenvalue weighted by Gasteiger charge is 2.00. The Morgan fingerprint density at radius 2 is 2.00 bits per heavy atom. The Hall–Kier alpha value is -1.59. The van der Waals surface area contributed by atoms with E-state index in [1.165, 1.54) is 0 Å². The second kappa shape index (κ2) is 8.49. The molecule has 0 heterocycles. The molecular formula is C13H21N3O2. The SMILES string of the molecule is Cc1ccc(NC(=O)NCCCOCCN)cc1. The molecule has 0 spiro atoms. The van der Waals surface area contributed by atoms with Crippen molar-refractivity contribution >= 4 is 11.7 Å². The van der Waals surface area contributed by atoms with Crippen LogP contribution in [0.25, 0.3) is 0 Å². The molecule has 1 aromatic carbocycles. The number of amides is 2. The van der Waals surface area contributed by atoms with Gasteiger partial charge in [-0.1, -0.05) is 17.7 Å². The number of rotatable bonds is 7. The third-order valence-electron chi connectivity index (χ3n) is 2.32. The molecule has 1 aromatic rings. The minimum atomic E-state index is -0.197. The summed E-state index contributed by atoms with van der Waals surface area (Å²) in [5, 5.41) is 5.52. The molecule has 0 aliphatic rings. The van der Waals surface area contributed by atoms with E-state index in [1.54, 1.807) is 0 Å². The Morgan fingerprint density at radius 1 is 1.28 bits per heavy atom. The summed E-state index contributed by atoms with van der Waals surface area (Å²) in [7, 11) is 0. The molecule has 0 aliphatic carbocycles. The number of urea groups is 1. The average molecular weight is 251 g/mol. The minimum absolute atomic E-state index is 0.197. The van der Waals surface area contributed by atoms with E-state index >= 15 is 0 Å². The van der Waals surface area contributed by atoms with Gasteiger partial charge in [-0.2, -0.15) is 0 Å². The smallest absolute Gasteiger partial charge is 0.319 e. The molecule has 2 amide bonds. The van der Waals surface area contributed by atoms with Crippen molar-refractivity contribution in [2.75, 3.05) is 31.6 Å². The molecule has 1 rings (SSSR count). The maximum absolute atomic E-state index is 11.5. The fourth-order valence-electron chi connectivity index (χ4n) is 1.37. The molecular weight excluding hydrogens is 230 g/mol. The summed E-state index contributed by atoms with van der Waals surface area (Å²) in [6.07, 6.45) is 0.779. The van der Waals surface area contributed by atoms with Crippen LogP contribution in [0.3, 0.4) is 0 Å². The third kappa shape index (κ3) is 6.22. The quantitative estimate of drug-likeness (QED) is 0.642. The van der Waals surface area contributed by atoms with Crippen LogP contribution in [0, 0.1) is 6.92 Å². The summed E-state index contributed by atoms with van der Waals surface area (Å²) in [6, 6.07) is 7.46. The molecule has 0 aromatic heterocycles. The van der Waals surface area contributed by atoms with Gasteiger partial charge < -0.3 is 21.1 Å². The average Bonchev–Trinajstić information content (AvgIpc) is 2.36. The minimum Gasteiger partial charge on any atom is -0.380 e. The number of aryl methyl sites for hydroxylation is 1. The lowest BCUT2D eigenvalue weighted by atomic mass is 10.2. The van der Waals surface area contributed by atoms with E-state index in [0.29, 0.717) is 26.3 Å². The molecule has 0 fully saturated rings. The molecule has 0 saturated heterocycles. The van der Waals surface area contributed by atoms with Gasteiger partial charge >= 0.3 is 6.03 Å². The number of ether oxygens (including phenoxy) is 1. The van der Waals surface area contributed by atoms with Crippen molar-refractivity contribution in [3.8, 4) is 0 Å². The van der Waals surface area contributed by atoms with E-state index in [4.69, 9.17) is 10.5 Å².